The normalized spacial score (nSPS) is 11.7. The fourth-order valence-electron chi connectivity index (χ4n) is 2.74. The van der Waals surface area contributed by atoms with Crippen LogP contribution in [0.1, 0.15) is 5.56 Å². The van der Waals surface area contributed by atoms with Crippen LogP contribution in [0, 0.1) is 22.9 Å². The first-order valence-corrected chi connectivity index (χ1v) is 11.6. The lowest BCUT2D eigenvalue weighted by Gasteiger charge is -2.14. The van der Waals surface area contributed by atoms with Gasteiger partial charge in [0.15, 0.2) is 4.90 Å². The average Bonchev–Trinajstić information content (AvgIpc) is 2.70. The van der Waals surface area contributed by atoms with Crippen molar-refractivity contribution in [2.75, 3.05) is 9.44 Å². The summed E-state index contributed by atoms with van der Waals surface area (Å²) in [6.07, 6.45) is 0. The van der Waals surface area contributed by atoms with Crippen LogP contribution >= 0.6 is 0 Å². The maximum atomic E-state index is 13.9. The van der Waals surface area contributed by atoms with Crippen LogP contribution in [-0.2, 0) is 20.0 Å². The number of nitro benzene ring substituents is 1. The quantitative estimate of drug-likeness (QED) is 0.404. The molecule has 0 aliphatic rings. The van der Waals surface area contributed by atoms with Gasteiger partial charge in [0.1, 0.15) is 5.82 Å². The van der Waals surface area contributed by atoms with Gasteiger partial charge in [0.05, 0.1) is 21.2 Å². The number of hydrogen-bond acceptors (Lipinski definition) is 6. The lowest BCUT2D eigenvalue weighted by molar-refractivity contribution is -0.387. The minimum absolute atomic E-state index is 0.141. The summed E-state index contributed by atoms with van der Waals surface area (Å²) in [7, 11) is -8.66. The number of para-hydroxylation sites is 2. The highest BCUT2D eigenvalue weighted by molar-refractivity contribution is 7.93. The van der Waals surface area contributed by atoms with Crippen LogP contribution in [0.15, 0.2) is 76.5 Å². The van der Waals surface area contributed by atoms with Crippen molar-refractivity contribution in [2.24, 2.45) is 0 Å². The molecule has 0 radical (unpaired) electrons. The molecule has 162 valence electrons. The van der Waals surface area contributed by atoms with Gasteiger partial charge in [-0.25, -0.2) is 21.2 Å². The fourth-order valence-corrected chi connectivity index (χ4v) is 5.30. The molecule has 31 heavy (non-hydrogen) atoms. The molecule has 12 heteroatoms. The van der Waals surface area contributed by atoms with Gasteiger partial charge in [-0.1, -0.05) is 30.3 Å². The molecule has 0 aliphatic heterocycles. The number of nitrogens with one attached hydrogen (secondary N) is 2. The second kappa shape index (κ2) is 8.32. The zero-order chi connectivity index (χ0) is 22.8. The Kier molecular flexibility index (Phi) is 5.95. The number of anilines is 2. The number of aryl methyl sites for hydroxylation is 1. The second-order valence-electron chi connectivity index (χ2n) is 6.40. The Morgan fingerprint density at radius 1 is 0.839 bits per heavy atom. The predicted molar refractivity (Wildman–Crippen MR) is 112 cm³/mol. The summed E-state index contributed by atoms with van der Waals surface area (Å²) in [5, 5.41) is 11.1. The van der Waals surface area contributed by atoms with E-state index in [1.807, 2.05) is 0 Å². The highest BCUT2D eigenvalue weighted by Crippen LogP contribution is 2.28. The molecule has 0 aliphatic carbocycles. The third-order valence-electron chi connectivity index (χ3n) is 4.20. The van der Waals surface area contributed by atoms with Gasteiger partial charge in [-0.15, -0.1) is 0 Å². The van der Waals surface area contributed by atoms with Crippen LogP contribution < -0.4 is 9.44 Å². The largest absolute Gasteiger partial charge is 0.289 e. The van der Waals surface area contributed by atoms with Gasteiger partial charge in [0, 0.05) is 6.07 Å². The van der Waals surface area contributed by atoms with Crippen molar-refractivity contribution < 1.29 is 26.1 Å². The van der Waals surface area contributed by atoms with Gasteiger partial charge >= 0.3 is 0 Å². The Morgan fingerprint density at radius 3 is 2.13 bits per heavy atom. The first-order valence-electron chi connectivity index (χ1n) is 8.65. The Bertz CT molecular complexity index is 1370. The van der Waals surface area contributed by atoms with E-state index in [4.69, 9.17) is 0 Å². The van der Waals surface area contributed by atoms with Crippen LogP contribution in [0.4, 0.5) is 21.5 Å². The van der Waals surface area contributed by atoms with Gasteiger partial charge in [-0.05, 0) is 42.8 Å². The molecular formula is C19H16FN3O6S2. The Morgan fingerprint density at radius 2 is 1.45 bits per heavy atom. The number of hydrogen-bond donors (Lipinski definition) is 2. The summed E-state index contributed by atoms with van der Waals surface area (Å²) in [6.45, 7) is 1.48. The lowest BCUT2D eigenvalue weighted by Crippen LogP contribution is -2.17. The smallest absolute Gasteiger partial charge is 0.279 e. The molecule has 9 nitrogen and oxygen atoms in total. The molecule has 0 unspecified atom stereocenters. The van der Waals surface area contributed by atoms with Gasteiger partial charge in [-0.3, -0.25) is 19.6 Å². The Balaban J connectivity index is 1.98. The number of nitro groups is 1. The van der Waals surface area contributed by atoms with Gasteiger partial charge < -0.3 is 0 Å². The molecule has 0 saturated heterocycles. The van der Waals surface area contributed by atoms with Gasteiger partial charge in [-0.2, -0.15) is 0 Å². The fraction of sp³-hybridized carbons (Fsp3) is 0.0526. The molecule has 0 aromatic heterocycles. The first kappa shape index (κ1) is 22.2. The molecule has 0 atom stereocenters. The maximum Gasteiger partial charge on any atom is 0.289 e. The van der Waals surface area contributed by atoms with E-state index in [0.29, 0.717) is 0 Å². The third kappa shape index (κ3) is 4.81. The molecule has 2 N–H and O–H groups in total. The number of sulfonamides is 2. The van der Waals surface area contributed by atoms with Crippen molar-refractivity contribution in [1.29, 1.82) is 0 Å². The topological polar surface area (TPSA) is 135 Å². The van der Waals surface area contributed by atoms with Crippen molar-refractivity contribution in [1.82, 2.24) is 0 Å². The standard InChI is InChI=1S/C19H16FN3O6S2/c1-13-10-11-14(21-30(26,27)18-9-5-4-8-17(18)23(24)25)12-19(13)31(28,29)22-16-7-3-2-6-15(16)20/h2-12,21-22H,1H3. The number of nitrogens with zero attached hydrogens (tertiary/aromatic N) is 1. The highest BCUT2D eigenvalue weighted by atomic mass is 32.2. The Labute approximate surface area is 177 Å². The molecule has 3 aromatic carbocycles. The number of halogens is 1. The lowest BCUT2D eigenvalue weighted by atomic mass is 10.2. The van der Waals surface area contributed by atoms with Crippen molar-refractivity contribution in [2.45, 2.75) is 16.7 Å². The Hall–Kier alpha value is -3.51. The zero-order valence-electron chi connectivity index (χ0n) is 15.9. The van der Waals surface area contributed by atoms with Crippen molar-refractivity contribution in [3.8, 4) is 0 Å². The molecule has 0 saturated carbocycles. The van der Waals surface area contributed by atoms with E-state index in [9.17, 15) is 31.3 Å². The SMILES string of the molecule is Cc1ccc(NS(=O)(=O)c2ccccc2[N+](=O)[O-])cc1S(=O)(=O)Nc1ccccc1F. The number of rotatable bonds is 7. The van der Waals surface area contributed by atoms with E-state index in [2.05, 4.69) is 9.44 Å². The molecule has 0 spiro atoms. The summed E-state index contributed by atoms with van der Waals surface area (Å²) in [5.74, 6) is -0.781. The number of benzene rings is 3. The van der Waals surface area contributed by atoms with E-state index in [1.165, 1.54) is 49.4 Å². The summed E-state index contributed by atoms with van der Waals surface area (Å²) in [4.78, 5) is 9.44. The summed E-state index contributed by atoms with van der Waals surface area (Å²) in [5.41, 5.74) is -0.765. The van der Waals surface area contributed by atoms with Crippen LogP contribution in [0.5, 0.6) is 0 Å². The second-order valence-corrected chi connectivity index (χ2v) is 9.70. The van der Waals surface area contributed by atoms with Crippen molar-refractivity contribution >= 4 is 37.1 Å². The highest BCUT2D eigenvalue weighted by Gasteiger charge is 2.26. The molecule has 0 heterocycles. The first-order chi connectivity index (χ1) is 14.5. The average molecular weight is 465 g/mol. The van der Waals surface area contributed by atoms with Crippen LogP contribution in [0.2, 0.25) is 0 Å². The molecule has 0 amide bonds. The van der Waals surface area contributed by atoms with E-state index in [-0.39, 0.29) is 21.8 Å². The van der Waals surface area contributed by atoms with E-state index in [1.54, 1.807) is 0 Å². The predicted octanol–water partition coefficient (Wildman–Crippen LogP) is 3.64. The van der Waals surface area contributed by atoms with Crippen LogP contribution in [0.3, 0.4) is 0 Å². The van der Waals surface area contributed by atoms with Crippen molar-refractivity contribution in [3.63, 3.8) is 0 Å². The molecular weight excluding hydrogens is 449 g/mol. The third-order valence-corrected chi connectivity index (χ3v) is 7.14. The van der Waals surface area contributed by atoms with Gasteiger partial charge in [0.2, 0.25) is 0 Å². The summed E-state index contributed by atoms with van der Waals surface area (Å²) < 4.78 is 69.0. The zero-order valence-corrected chi connectivity index (χ0v) is 17.6. The van der Waals surface area contributed by atoms with E-state index >= 15 is 0 Å². The van der Waals surface area contributed by atoms with Gasteiger partial charge in [0.25, 0.3) is 25.7 Å². The summed E-state index contributed by atoms with van der Waals surface area (Å²) >= 11 is 0. The summed E-state index contributed by atoms with van der Waals surface area (Å²) in [6, 6.07) is 13.6. The van der Waals surface area contributed by atoms with Crippen LogP contribution in [-0.4, -0.2) is 21.8 Å². The van der Waals surface area contributed by atoms with E-state index < -0.39 is 41.4 Å². The monoisotopic (exact) mass is 465 g/mol. The van der Waals surface area contributed by atoms with Crippen molar-refractivity contribution in [3.05, 3.63) is 88.2 Å². The minimum Gasteiger partial charge on any atom is -0.279 e. The van der Waals surface area contributed by atoms with E-state index in [0.717, 1.165) is 24.3 Å². The molecule has 3 rings (SSSR count). The maximum absolute atomic E-state index is 13.9. The van der Waals surface area contributed by atoms with Crippen LogP contribution in [0.25, 0.3) is 0 Å². The molecule has 0 fully saturated rings. The molecule has 0 bridgehead atoms. The molecule has 3 aromatic rings. The minimum atomic E-state index is -4.40.